The maximum absolute atomic E-state index is 12.6. The molecule has 0 bridgehead atoms. The Balaban J connectivity index is 1.98. The van der Waals surface area contributed by atoms with Crippen LogP contribution in [0.25, 0.3) is 5.65 Å². The van der Waals surface area contributed by atoms with Crippen molar-refractivity contribution in [3.05, 3.63) is 35.8 Å². The second-order valence-electron chi connectivity index (χ2n) is 5.03. The number of aromatic nitrogens is 2. The fourth-order valence-corrected chi connectivity index (χ4v) is 2.34. The lowest BCUT2D eigenvalue weighted by molar-refractivity contribution is 0.0700. The van der Waals surface area contributed by atoms with Gasteiger partial charge in [-0.15, -0.1) is 0 Å². The van der Waals surface area contributed by atoms with Crippen LogP contribution in [0.1, 0.15) is 28.9 Å². The summed E-state index contributed by atoms with van der Waals surface area (Å²) in [6, 6.07) is 4.16. The summed E-state index contributed by atoms with van der Waals surface area (Å²) < 4.78 is 1.82. The minimum atomic E-state index is -0.0466. The van der Waals surface area contributed by atoms with Crippen LogP contribution >= 0.6 is 0 Å². The summed E-state index contributed by atoms with van der Waals surface area (Å²) in [5, 5.41) is 9.10. The summed E-state index contributed by atoms with van der Waals surface area (Å²) in [7, 11) is 0. The average Bonchev–Trinajstić information content (AvgIpc) is 3.15. The summed E-state index contributed by atoms with van der Waals surface area (Å²) in [5.41, 5.74) is 2.42. The first-order valence-electron chi connectivity index (χ1n) is 6.56. The largest absolute Gasteiger partial charge is 0.395 e. The van der Waals surface area contributed by atoms with Gasteiger partial charge in [0, 0.05) is 18.8 Å². The number of aliphatic hydroxyl groups excluding tert-OH is 1. The first-order valence-corrected chi connectivity index (χ1v) is 6.56. The molecule has 0 spiro atoms. The van der Waals surface area contributed by atoms with Crippen LogP contribution in [0.2, 0.25) is 0 Å². The van der Waals surface area contributed by atoms with Gasteiger partial charge in [-0.2, -0.15) is 0 Å². The lowest BCUT2D eigenvalue weighted by Crippen LogP contribution is -2.36. The molecule has 0 saturated heterocycles. The van der Waals surface area contributed by atoms with Crippen LogP contribution in [-0.4, -0.2) is 44.5 Å². The molecule has 1 aliphatic carbocycles. The Morgan fingerprint density at radius 1 is 1.53 bits per heavy atom. The van der Waals surface area contributed by atoms with Crippen molar-refractivity contribution in [3.63, 3.8) is 0 Å². The van der Waals surface area contributed by atoms with Crippen molar-refractivity contribution >= 4 is 11.6 Å². The first-order chi connectivity index (χ1) is 9.20. The van der Waals surface area contributed by atoms with Gasteiger partial charge in [-0.3, -0.25) is 9.20 Å². The predicted molar refractivity (Wildman–Crippen MR) is 71.1 cm³/mol. The van der Waals surface area contributed by atoms with Crippen LogP contribution in [0.15, 0.2) is 24.5 Å². The molecule has 3 rings (SSSR count). The Morgan fingerprint density at radius 2 is 2.32 bits per heavy atom. The highest BCUT2D eigenvalue weighted by atomic mass is 16.3. The van der Waals surface area contributed by atoms with Gasteiger partial charge in [0.1, 0.15) is 11.3 Å². The van der Waals surface area contributed by atoms with E-state index in [1.165, 1.54) is 0 Å². The van der Waals surface area contributed by atoms with E-state index < -0.39 is 0 Å². The molecule has 1 fully saturated rings. The van der Waals surface area contributed by atoms with Crippen LogP contribution in [0, 0.1) is 6.92 Å². The van der Waals surface area contributed by atoms with Gasteiger partial charge in [0.15, 0.2) is 0 Å². The molecule has 2 heterocycles. The van der Waals surface area contributed by atoms with Crippen molar-refractivity contribution in [1.82, 2.24) is 14.3 Å². The second-order valence-corrected chi connectivity index (χ2v) is 5.03. The number of hydrogen-bond donors (Lipinski definition) is 1. The number of carbonyl (C=O) groups excluding carboxylic acids is 1. The van der Waals surface area contributed by atoms with Gasteiger partial charge in [0.25, 0.3) is 5.91 Å². The lowest BCUT2D eigenvalue weighted by Gasteiger charge is -2.20. The number of aryl methyl sites for hydroxylation is 1. The van der Waals surface area contributed by atoms with Gasteiger partial charge < -0.3 is 10.0 Å². The zero-order valence-electron chi connectivity index (χ0n) is 10.9. The monoisotopic (exact) mass is 259 g/mol. The van der Waals surface area contributed by atoms with Crippen LogP contribution in [0.5, 0.6) is 0 Å². The molecular formula is C14H17N3O2. The van der Waals surface area contributed by atoms with Crippen molar-refractivity contribution < 1.29 is 9.90 Å². The molecule has 0 radical (unpaired) electrons. The third-order valence-corrected chi connectivity index (χ3v) is 3.46. The summed E-state index contributed by atoms with van der Waals surface area (Å²) in [4.78, 5) is 18.6. The van der Waals surface area contributed by atoms with Gasteiger partial charge in [-0.05, 0) is 31.4 Å². The fraction of sp³-hybridized carbons (Fsp3) is 0.429. The van der Waals surface area contributed by atoms with E-state index in [0.29, 0.717) is 12.2 Å². The number of aliphatic hydroxyl groups is 1. The van der Waals surface area contributed by atoms with Crippen molar-refractivity contribution in [1.29, 1.82) is 0 Å². The van der Waals surface area contributed by atoms with E-state index in [4.69, 9.17) is 5.11 Å². The second kappa shape index (κ2) is 4.66. The number of imidazole rings is 1. The van der Waals surface area contributed by atoms with E-state index in [9.17, 15) is 4.79 Å². The van der Waals surface area contributed by atoms with Crippen molar-refractivity contribution in [2.45, 2.75) is 25.8 Å². The summed E-state index contributed by atoms with van der Waals surface area (Å²) in [6.07, 6.45) is 5.59. The first kappa shape index (κ1) is 12.2. The topological polar surface area (TPSA) is 57.8 Å². The molecule has 0 aliphatic heterocycles. The molecular weight excluding hydrogens is 242 g/mol. The molecule has 0 atom stereocenters. The Labute approximate surface area is 111 Å². The van der Waals surface area contributed by atoms with Crippen LogP contribution in [-0.2, 0) is 0 Å². The third kappa shape index (κ3) is 2.21. The van der Waals surface area contributed by atoms with Gasteiger partial charge in [0.2, 0.25) is 0 Å². The SMILES string of the molecule is Cc1ccc2ncc(C(=O)N(CCO)C3CC3)n2c1. The number of carbonyl (C=O) groups is 1. The average molecular weight is 259 g/mol. The number of amides is 1. The molecule has 1 N–H and O–H groups in total. The number of hydrogen-bond acceptors (Lipinski definition) is 3. The van der Waals surface area contributed by atoms with Crippen LogP contribution < -0.4 is 0 Å². The fourth-order valence-electron chi connectivity index (χ4n) is 2.34. The number of fused-ring (bicyclic) bond motifs is 1. The van der Waals surface area contributed by atoms with Crippen LogP contribution in [0.3, 0.4) is 0 Å². The normalized spacial score (nSPS) is 14.8. The Hall–Kier alpha value is -1.88. The molecule has 1 saturated carbocycles. The van der Waals surface area contributed by atoms with E-state index in [-0.39, 0.29) is 18.6 Å². The highest BCUT2D eigenvalue weighted by Crippen LogP contribution is 2.28. The van der Waals surface area contributed by atoms with Gasteiger partial charge in [0.05, 0.1) is 12.8 Å². The molecule has 2 aromatic rings. The zero-order chi connectivity index (χ0) is 13.4. The summed E-state index contributed by atoms with van der Waals surface area (Å²) in [5.74, 6) is -0.0466. The molecule has 5 heteroatoms. The number of rotatable bonds is 4. The minimum absolute atomic E-state index is 0.00198. The maximum atomic E-state index is 12.6. The molecule has 1 aliphatic rings. The van der Waals surface area contributed by atoms with Crippen molar-refractivity contribution in [2.24, 2.45) is 0 Å². The lowest BCUT2D eigenvalue weighted by atomic mass is 10.3. The van der Waals surface area contributed by atoms with Gasteiger partial charge in [-0.25, -0.2) is 4.98 Å². The highest BCUT2D eigenvalue weighted by molar-refractivity contribution is 5.93. The smallest absolute Gasteiger partial charge is 0.272 e. The van der Waals surface area contributed by atoms with Crippen LogP contribution in [0.4, 0.5) is 0 Å². The predicted octanol–water partition coefficient (Wildman–Crippen LogP) is 1.24. The quantitative estimate of drug-likeness (QED) is 0.898. The summed E-state index contributed by atoms with van der Waals surface area (Å²) in [6.45, 7) is 2.38. The molecule has 0 unspecified atom stereocenters. The Bertz CT molecular complexity index is 616. The Morgan fingerprint density at radius 3 is 3.00 bits per heavy atom. The van der Waals surface area contributed by atoms with E-state index in [1.807, 2.05) is 29.7 Å². The highest BCUT2D eigenvalue weighted by Gasteiger charge is 2.33. The molecule has 19 heavy (non-hydrogen) atoms. The number of nitrogens with zero attached hydrogens (tertiary/aromatic N) is 3. The minimum Gasteiger partial charge on any atom is -0.395 e. The molecule has 1 amide bonds. The van der Waals surface area contributed by atoms with Crippen molar-refractivity contribution in [3.8, 4) is 0 Å². The Kier molecular flexibility index (Phi) is 2.98. The van der Waals surface area contributed by atoms with Crippen molar-refractivity contribution in [2.75, 3.05) is 13.2 Å². The molecule has 0 aromatic carbocycles. The van der Waals surface area contributed by atoms with Gasteiger partial charge in [-0.1, -0.05) is 6.07 Å². The maximum Gasteiger partial charge on any atom is 0.272 e. The zero-order valence-corrected chi connectivity index (χ0v) is 10.9. The van der Waals surface area contributed by atoms with E-state index in [0.717, 1.165) is 24.1 Å². The van der Waals surface area contributed by atoms with E-state index in [1.54, 1.807) is 11.1 Å². The number of pyridine rings is 1. The standard InChI is InChI=1S/C14H17N3O2/c1-10-2-5-13-15-8-12(17(13)9-10)14(19)16(6-7-18)11-3-4-11/h2,5,8-9,11,18H,3-4,6-7H2,1H3. The molecule has 5 nitrogen and oxygen atoms in total. The van der Waals surface area contributed by atoms with E-state index >= 15 is 0 Å². The third-order valence-electron chi connectivity index (χ3n) is 3.46. The van der Waals surface area contributed by atoms with E-state index in [2.05, 4.69) is 4.98 Å². The van der Waals surface area contributed by atoms with Gasteiger partial charge >= 0.3 is 0 Å². The summed E-state index contributed by atoms with van der Waals surface area (Å²) >= 11 is 0. The molecule has 2 aromatic heterocycles. The molecule has 100 valence electrons.